The molecule has 78 valence electrons. The highest BCUT2D eigenvalue weighted by Gasteiger charge is 2.23. The lowest BCUT2D eigenvalue weighted by molar-refractivity contribution is 0.574. The summed E-state index contributed by atoms with van der Waals surface area (Å²) in [7, 11) is 0. The third-order valence-corrected chi connectivity index (χ3v) is 2.65. The fourth-order valence-electron chi connectivity index (χ4n) is 1.85. The molecule has 1 saturated heterocycles. The van der Waals surface area contributed by atoms with E-state index in [9.17, 15) is 0 Å². The van der Waals surface area contributed by atoms with Gasteiger partial charge in [-0.1, -0.05) is 0 Å². The van der Waals surface area contributed by atoms with E-state index in [1.807, 2.05) is 12.1 Å². The Morgan fingerprint density at radius 3 is 3.20 bits per heavy atom. The highest BCUT2D eigenvalue weighted by molar-refractivity contribution is 5.69. The van der Waals surface area contributed by atoms with Gasteiger partial charge in [0.25, 0.3) is 6.01 Å². The van der Waals surface area contributed by atoms with Gasteiger partial charge in [0.2, 0.25) is 5.71 Å². The van der Waals surface area contributed by atoms with Crippen molar-refractivity contribution in [2.75, 3.05) is 18.0 Å². The van der Waals surface area contributed by atoms with Crippen molar-refractivity contribution in [3.8, 4) is 0 Å². The molecule has 0 unspecified atom stereocenters. The zero-order valence-electron chi connectivity index (χ0n) is 8.26. The van der Waals surface area contributed by atoms with Crippen LogP contribution in [0.1, 0.15) is 6.42 Å². The number of hydrogen-bond acceptors (Lipinski definition) is 5. The molecule has 5 nitrogen and oxygen atoms in total. The van der Waals surface area contributed by atoms with Crippen molar-refractivity contribution >= 4 is 17.2 Å². The minimum Gasteiger partial charge on any atom is -0.404 e. The van der Waals surface area contributed by atoms with Gasteiger partial charge in [0, 0.05) is 25.3 Å². The number of rotatable bonds is 1. The molecule has 2 aromatic rings. The van der Waals surface area contributed by atoms with Gasteiger partial charge in [0.15, 0.2) is 0 Å². The molecule has 0 saturated carbocycles. The summed E-state index contributed by atoms with van der Waals surface area (Å²) in [5, 5.41) is 0. The molecule has 0 radical (unpaired) electrons. The normalized spacial score (nSPS) is 21.4. The molecule has 2 aromatic heterocycles. The Balaban J connectivity index is 1.98. The molecule has 15 heavy (non-hydrogen) atoms. The maximum Gasteiger partial charge on any atom is 0.299 e. The fourth-order valence-corrected chi connectivity index (χ4v) is 1.85. The van der Waals surface area contributed by atoms with Crippen molar-refractivity contribution in [3.05, 3.63) is 18.3 Å². The molecule has 0 aromatic carbocycles. The van der Waals surface area contributed by atoms with Crippen LogP contribution in [0.25, 0.3) is 11.2 Å². The number of anilines is 1. The minimum atomic E-state index is 0.230. The zero-order chi connectivity index (χ0) is 10.3. The first-order valence-corrected chi connectivity index (χ1v) is 5.05. The molecule has 3 heterocycles. The molecule has 5 heteroatoms. The first-order chi connectivity index (χ1) is 7.33. The Bertz CT molecular complexity index is 448. The van der Waals surface area contributed by atoms with Crippen LogP contribution in [0.5, 0.6) is 0 Å². The van der Waals surface area contributed by atoms with Gasteiger partial charge >= 0.3 is 0 Å². The van der Waals surface area contributed by atoms with E-state index in [0.717, 1.165) is 25.0 Å². The van der Waals surface area contributed by atoms with Crippen LogP contribution in [0.2, 0.25) is 0 Å². The second-order valence-electron chi connectivity index (χ2n) is 3.82. The van der Waals surface area contributed by atoms with Gasteiger partial charge in [0.05, 0.1) is 0 Å². The van der Waals surface area contributed by atoms with Crippen LogP contribution in [-0.2, 0) is 0 Å². The summed E-state index contributed by atoms with van der Waals surface area (Å²) in [6, 6.07) is 4.61. The number of oxazole rings is 1. The molecule has 1 aliphatic heterocycles. The van der Waals surface area contributed by atoms with E-state index in [0.29, 0.717) is 11.7 Å². The lowest BCUT2D eigenvalue weighted by Gasteiger charge is -2.11. The average molecular weight is 204 g/mol. The van der Waals surface area contributed by atoms with Crippen LogP contribution in [0.3, 0.4) is 0 Å². The highest BCUT2D eigenvalue weighted by atomic mass is 16.4. The highest BCUT2D eigenvalue weighted by Crippen LogP contribution is 2.22. The maximum absolute atomic E-state index is 5.83. The van der Waals surface area contributed by atoms with E-state index >= 15 is 0 Å². The number of hydrogen-bond donors (Lipinski definition) is 1. The van der Waals surface area contributed by atoms with Gasteiger partial charge < -0.3 is 15.1 Å². The third-order valence-electron chi connectivity index (χ3n) is 2.65. The average Bonchev–Trinajstić information content (AvgIpc) is 2.82. The molecule has 1 fully saturated rings. The molecule has 0 spiro atoms. The van der Waals surface area contributed by atoms with Crippen molar-refractivity contribution in [1.82, 2.24) is 9.97 Å². The van der Waals surface area contributed by atoms with Crippen LogP contribution >= 0.6 is 0 Å². The SMILES string of the molecule is N[C@@H]1CCN(c2nc3cccnc3o2)C1. The largest absolute Gasteiger partial charge is 0.404 e. The van der Waals surface area contributed by atoms with Crippen molar-refractivity contribution < 1.29 is 4.42 Å². The molecule has 0 amide bonds. The summed E-state index contributed by atoms with van der Waals surface area (Å²) in [5.41, 5.74) is 7.22. The van der Waals surface area contributed by atoms with Crippen molar-refractivity contribution in [2.45, 2.75) is 12.5 Å². The minimum absolute atomic E-state index is 0.230. The smallest absolute Gasteiger partial charge is 0.299 e. The number of pyridine rings is 1. The summed E-state index contributed by atoms with van der Waals surface area (Å²) in [5.74, 6) is 0. The van der Waals surface area contributed by atoms with Gasteiger partial charge in [-0.25, -0.2) is 4.98 Å². The van der Waals surface area contributed by atoms with Gasteiger partial charge in [-0.05, 0) is 18.6 Å². The molecule has 2 N–H and O–H groups in total. The van der Waals surface area contributed by atoms with Gasteiger partial charge in [-0.15, -0.1) is 0 Å². The molecular formula is C10H12N4O. The van der Waals surface area contributed by atoms with Crippen LogP contribution in [-0.4, -0.2) is 29.1 Å². The number of nitrogens with two attached hydrogens (primary N) is 1. The molecule has 1 aliphatic rings. The Morgan fingerprint density at radius 2 is 2.47 bits per heavy atom. The number of nitrogens with zero attached hydrogens (tertiary/aromatic N) is 3. The lowest BCUT2D eigenvalue weighted by Crippen LogP contribution is -2.26. The second-order valence-corrected chi connectivity index (χ2v) is 3.82. The Kier molecular flexibility index (Phi) is 1.85. The Hall–Kier alpha value is -1.62. The summed E-state index contributed by atoms with van der Waals surface area (Å²) >= 11 is 0. The van der Waals surface area contributed by atoms with E-state index in [1.165, 1.54) is 0 Å². The molecule has 3 rings (SSSR count). The maximum atomic E-state index is 5.83. The van der Waals surface area contributed by atoms with Crippen LogP contribution < -0.4 is 10.6 Å². The molecule has 0 bridgehead atoms. The second kappa shape index (κ2) is 3.20. The quantitative estimate of drug-likeness (QED) is 0.742. The standard InChI is InChI=1S/C10H12N4O/c11-7-3-5-14(6-7)10-13-8-2-1-4-12-9(8)15-10/h1-2,4,7H,3,5-6,11H2/t7-/m1/s1. The van der Waals surface area contributed by atoms with E-state index in [1.54, 1.807) is 6.20 Å². The van der Waals surface area contributed by atoms with E-state index in [4.69, 9.17) is 10.2 Å². The predicted molar refractivity (Wildman–Crippen MR) is 56.6 cm³/mol. The Morgan fingerprint density at radius 1 is 1.53 bits per heavy atom. The van der Waals surface area contributed by atoms with Gasteiger partial charge in [0.1, 0.15) is 5.52 Å². The van der Waals surface area contributed by atoms with Crippen LogP contribution in [0.15, 0.2) is 22.7 Å². The first kappa shape index (κ1) is 8.67. The number of aromatic nitrogens is 2. The van der Waals surface area contributed by atoms with Gasteiger partial charge in [-0.3, -0.25) is 0 Å². The van der Waals surface area contributed by atoms with E-state index in [-0.39, 0.29) is 6.04 Å². The predicted octanol–water partition coefficient (Wildman–Crippen LogP) is 0.760. The fraction of sp³-hybridized carbons (Fsp3) is 0.400. The van der Waals surface area contributed by atoms with Crippen molar-refractivity contribution in [1.29, 1.82) is 0 Å². The molecule has 0 aliphatic carbocycles. The van der Waals surface area contributed by atoms with Crippen LogP contribution in [0.4, 0.5) is 6.01 Å². The molecule has 1 atom stereocenters. The number of fused-ring (bicyclic) bond motifs is 1. The molecular weight excluding hydrogens is 192 g/mol. The van der Waals surface area contributed by atoms with Crippen molar-refractivity contribution in [2.24, 2.45) is 5.73 Å². The monoisotopic (exact) mass is 204 g/mol. The lowest BCUT2D eigenvalue weighted by atomic mass is 10.3. The Labute approximate surface area is 86.9 Å². The summed E-state index contributed by atoms with van der Waals surface area (Å²) in [6.07, 6.45) is 2.69. The van der Waals surface area contributed by atoms with Crippen LogP contribution in [0, 0.1) is 0 Å². The summed E-state index contributed by atoms with van der Waals surface area (Å²) < 4.78 is 5.55. The summed E-state index contributed by atoms with van der Waals surface area (Å²) in [4.78, 5) is 10.5. The summed E-state index contributed by atoms with van der Waals surface area (Å²) in [6.45, 7) is 1.72. The zero-order valence-corrected chi connectivity index (χ0v) is 8.26. The third kappa shape index (κ3) is 1.45. The van der Waals surface area contributed by atoms with Crippen molar-refractivity contribution in [3.63, 3.8) is 0 Å². The first-order valence-electron chi connectivity index (χ1n) is 5.05. The topological polar surface area (TPSA) is 68.2 Å². The van der Waals surface area contributed by atoms with Gasteiger partial charge in [-0.2, -0.15) is 4.98 Å². The van der Waals surface area contributed by atoms with E-state index in [2.05, 4.69) is 14.9 Å². The van der Waals surface area contributed by atoms with E-state index < -0.39 is 0 Å².